The van der Waals surface area contributed by atoms with Gasteiger partial charge in [0.15, 0.2) is 0 Å². The second-order valence-electron chi connectivity index (χ2n) is 12.8. The third kappa shape index (κ3) is 6.14. The molecule has 0 saturated carbocycles. The minimum Gasteiger partial charge on any atom is -0.264 e. The van der Waals surface area contributed by atoms with Gasteiger partial charge >= 0.3 is 0 Å². The van der Waals surface area contributed by atoms with E-state index in [0.29, 0.717) is 0 Å². The third-order valence-electron chi connectivity index (χ3n) is 9.45. The molecule has 0 saturated heterocycles. The summed E-state index contributed by atoms with van der Waals surface area (Å²) in [4.78, 5) is 19.8. The zero-order chi connectivity index (χ0) is 34.7. The van der Waals surface area contributed by atoms with Gasteiger partial charge in [0, 0.05) is 47.0 Å². The lowest BCUT2D eigenvalue weighted by Crippen LogP contribution is -2.11. The summed E-state index contributed by atoms with van der Waals surface area (Å²) in [7, 11) is 0. The lowest BCUT2D eigenvalue weighted by molar-refractivity contribution is 1.26. The Morgan fingerprint density at radius 1 is 0.269 bits per heavy atom. The predicted octanol–water partition coefficient (Wildman–Crippen LogP) is 11.8. The number of aliphatic imine (C=N–C) groups is 2. The fourth-order valence-electron chi connectivity index (χ4n) is 6.85. The van der Waals surface area contributed by atoms with Crippen LogP contribution in [0.1, 0.15) is 22.3 Å². The van der Waals surface area contributed by atoms with Gasteiger partial charge in [0.05, 0.1) is 22.8 Å². The Bertz CT molecular complexity index is 2440. The van der Waals surface area contributed by atoms with Crippen LogP contribution < -0.4 is 0 Å². The second kappa shape index (κ2) is 13.7. The van der Waals surface area contributed by atoms with Gasteiger partial charge in [-0.3, -0.25) is 9.97 Å². The number of nitrogens with zero attached hydrogens (tertiary/aromatic N) is 4. The number of fused-ring (bicyclic) bond motifs is 2. The van der Waals surface area contributed by atoms with Crippen LogP contribution in [0.4, 0.5) is 11.4 Å². The average molecular weight is 665 g/mol. The first-order valence-electron chi connectivity index (χ1n) is 17.4. The van der Waals surface area contributed by atoms with Gasteiger partial charge in [-0.05, 0) is 80.9 Å². The minimum absolute atomic E-state index is 0.797. The van der Waals surface area contributed by atoms with E-state index in [4.69, 9.17) is 9.98 Å². The molecular weight excluding hydrogens is 633 g/mol. The topological polar surface area (TPSA) is 50.5 Å². The van der Waals surface area contributed by atoms with Crippen molar-refractivity contribution in [1.29, 1.82) is 0 Å². The first kappa shape index (κ1) is 31.0. The number of aromatic nitrogens is 2. The fourth-order valence-corrected chi connectivity index (χ4v) is 6.85. The van der Waals surface area contributed by atoms with Crippen molar-refractivity contribution >= 4 is 22.8 Å². The molecule has 0 radical (unpaired) electrons. The highest BCUT2D eigenvalue weighted by Crippen LogP contribution is 2.35. The van der Waals surface area contributed by atoms with E-state index in [1.807, 2.05) is 36.7 Å². The maximum absolute atomic E-state index is 5.37. The molecule has 0 atom stereocenters. The molecule has 0 amide bonds. The van der Waals surface area contributed by atoms with E-state index in [-0.39, 0.29) is 0 Å². The summed E-state index contributed by atoms with van der Waals surface area (Å²) >= 11 is 0. The van der Waals surface area contributed by atoms with Gasteiger partial charge in [-0.2, -0.15) is 0 Å². The first-order chi connectivity index (χ1) is 25.8. The monoisotopic (exact) mass is 664 g/mol. The van der Waals surface area contributed by atoms with Crippen molar-refractivity contribution in [2.45, 2.75) is 0 Å². The van der Waals surface area contributed by atoms with Gasteiger partial charge < -0.3 is 0 Å². The Morgan fingerprint density at radius 2 is 0.577 bits per heavy atom. The van der Waals surface area contributed by atoms with Crippen LogP contribution in [0.3, 0.4) is 0 Å². The number of rotatable bonds is 6. The van der Waals surface area contributed by atoms with E-state index in [9.17, 15) is 0 Å². The highest BCUT2D eigenvalue weighted by molar-refractivity contribution is 6.22. The first-order valence-corrected chi connectivity index (χ1v) is 17.4. The van der Waals surface area contributed by atoms with Gasteiger partial charge in [0.1, 0.15) is 0 Å². The summed E-state index contributed by atoms with van der Waals surface area (Å²) in [6.45, 7) is 0. The van der Waals surface area contributed by atoms with Crippen molar-refractivity contribution in [2.75, 3.05) is 0 Å². The van der Waals surface area contributed by atoms with Crippen molar-refractivity contribution in [3.05, 3.63) is 217 Å². The number of hydrogen-bond acceptors (Lipinski definition) is 4. The van der Waals surface area contributed by atoms with Crippen LogP contribution >= 0.6 is 0 Å². The highest BCUT2D eigenvalue weighted by atomic mass is 14.9. The number of pyridine rings is 2. The minimum atomic E-state index is 0.797. The molecule has 0 bridgehead atoms. The zero-order valence-corrected chi connectivity index (χ0v) is 28.3. The molecule has 1 aliphatic rings. The van der Waals surface area contributed by atoms with Crippen molar-refractivity contribution < 1.29 is 0 Å². The molecular formula is C48H32N4. The average Bonchev–Trinajstić information content (AvgIpc) is 3.22. The van der Waals surface area contributed by atoms with Gasteiger partial charge in [-0.15, -0.1) is 0 Å². The van der Waals surface area contributed by atoms with Crippen LogP contribution in [0.2, 0.25) is 0 Å². The van der Waals surface area contributed by atoms with Gasteiger partial charge in [-0.25, -0.2) is 9.98 Å². The largest absolute Gasteiger partial charge is 0.264 e. The van der Waals surface area contributed by atoms with E-state index in [0.717, 1.165) is 67.3 Å². The normalized spacial score (nSPS) is 14.1. The molecule has 0 N–H and O–H groups in total. The van der Waals surface area contributed by atoms with E-state index < -0.39 is 0 Å². The SMILES string of the molecule is c1ccc(-c2cccc(-c3cccc(/C4=N/c5ccncc5/C(c5cccc(-c6cccc(-c7ccccc7)c6)c5)=N\c5ccncc54)c3)c2)cc1. The molecule has 9 rings (SSSR count). The summed E-state index contributed by atoms with van der Waals surface area (Å²) in [5.41, 5.74) is 16.1. The number of hydrogen-bond donors (Lipinski definition) is 0. The van der Waals surface area contributed by atoms with Gasteiger partial charge in [0.2, 0.25) is 0 Å². The fraction of sp³-hybridized carbons (Fsp3) is 0. The molecule has 0 unspecified atom stereocenters. The van der Waals surface area contributed by atoms with Crippen molar-refractivity contribution in [3.8, 4) is 44.5 Å². The summed E-state index contributed by atoms with van der Waals surface area (Å²) in [5, 5.41) is 0. The molecule has 244 valence electrons. The Labute approximate surface area is 303 Å². The molecule has 4 nitrogen and oxygen atoms in total. The number of benzene rings is 6. The Kier molecular flexibility index (Phi) is 8.16. The van der Waals surface area contributed by atoms with Crippen LogP contribution in [0.15, 0.2) is 205 Å². The lowest BCUT2D eigenvalue weighted by atomic mass is 9.93. The lowest BCUT2D eigenvalue weighted by Gasteiger charge is -2.18. The molecule has 0 aliphatic carbocycles. The van der Waals surface area contributed by atoms with E-state index in [1.165, 1.54) is 22.3 Å². The second-order valence-corrected chi connectivity index (χ2v) is 12.8. The van der Waals surface area contributed by atoms with Crippen LogP contribution in [-0.4, -0.2) is 21.4 Å². The molecule has 6 aromatic carbocycles. The summed E-state index contributed by atoms with van der Waals surface area (Å²) < 4.78 is 0. The van der Waals surface area contributed by atoms with Crippen LogP contribution in [-0.2, 0) is 0 Å². The third-order valence-corrected chi connectivity index (χ3v) is 9.45. The van der Waals surface area contributed by atoms with Crippen molar-refractivity contribution in [2.24, 2.45) is 9.98 Å². The molecule has 4 heteroatoms. The molecule has 52 heavy (non-hydrogen) atoms. The quantitative estimate of drug-likeness (QED) is 0.178. The highest BCUT2D eigenvalue weighted by Gasteiger charge is 2.21. The molecule has 8 aromatic rings. The zero-order valence-electron chi connectivity index (χ0n) is 28.3. The maximum Gasteiger partial charge on any atom is 0.0819 e. The Morgan fingerprint density at radius 3 is 0.962 bits per heavy atom. The van der Waals surface area contributed by atoms with E-state index in [1.54, 1.807) is 12.4 Å². The molecule has 1 aliphatic heterocycles. The summed E-state index contributed by atoms with van der Waals surface area (Å²) in [6, 6.07) is 59.4. The van der Waals surface area contributed by atoms with Crippen LogP contribution in [0.5, 0.6) is 0 Å². The standard InChI is InChI=1S/C48H32N4/c1-3-11-33(12-4-1)35-15-7-17-37(27-35)39-19-9-21-41(29-39)47-43-31-49-25-23-45(43)52-48(44-32-50-26-24-46(44)51-47)42-22-10-20-40(30-42)38-18-8-16-36(28-38)34-13-5-2-6-14-34/h1-32H/b47-43?,48-44?,51-46?,51-47-,52-45?,52-48-. The maximum atomic E-state index is 5.37. The van der Waals surface area contributed by atoms with Crippen molar-refractivity contribution in [1.82, 2.24) is 9.97 Å². The Hall–Kier alpha value is -7.04. The van der Waals surface area contributed by atoms with Crippen LogP contribution in [0.25, 0.3) is 44.5 Å². The smallest absolute Gasteiger partial charge is 0.0819 e. The molecule has 3 heterocycles. The van der Waals surface area contributed by atoms with E-state index in [2.05, 4.69) is 156 Å². The molecule has 0 spiro atoms. The summed E-state index contributed by atoms with van der Waals surface area (Å²) in [5.74, 6) is 0. The summed E-state index contributed by atoms with van der Waals surface area (Å²) in [6.07, 6.45) is 7.33. The van der Waals surface area contributed by atoms with Crippen LogP contribution in [0, 0.1) is 0 Å². The molecule has 2 aromatic heterocycles. The Balaban J connectivity index is 1.14. The van der Waals surface area contributed by atoms with Crippen molar-refractivity contribution in [3.63, 3.8) is 0 Å². The molecule has 0 fully saturated rings. The van der Waals surface area contributed by atoms with E-state index >= 15 is 0 Å². The predicted molar refractivity (Wildman–Crippen MR) is 214 cm³/mol. The van der Waals surface area contributed by atoms with Gasteiger partial charge in [-0.1, -0.05) is 133 Å². The van der Waals surface area contributed by atoms with Gasteiger partial charge in [0.25, 0.3) is 0 Å².